The smallest absolute Gasteiger partial charge is 0.281 e. The number of methoxy groups -OCH3 is 3. The van der Waals surface area contributed by atoms with Crippen molar-refractivity contribution in [3.8, 4) is 17.2 Å². The van der Waals surface area contributed by atoms with Gasteiger partial charge in [-0.3, -0.25) is 4.79 Å². The number of benzene rings is 3. The lowest BCUT2D eigenvalue weighted by atomic mass is 10.2. The van der Waals surface area contributed by atoms with Crippen LogP contribution in [0.1, 0.15) is 15.9 Å². The highest BCUT2D eigenvalue weighted by Gasteiger charge is 2.23. The van der Waals surface area contributed by atoms with Gasteiger partial charge in [-0.05, 0) is 65.1 Å². The number of thiazole rings is 1. The topological polar surface area (TPSA) is 73.2 Å². The second-order valence-corrected chi connectivity index (χ2v) is 9.08. The van der Waals surface area contributed by atoms with Gasteiger partial charge in [-0.25, -0.2) is 9.37 Å². The van der Waals surface area contributed by atoms with E-state index in [1.807, 2.05) is 12.1 Å². The number of hydrazone groups is 1. The number of ether oxygens (including phenoxy) is 3. The summed E-state index contributed by atoms with van der Waals surface area (Å²) < 4.78 is 31.3. The monoisotopic (exact) mass is 591 g/mol. The molecule has 0 fully saturated rings. The molecule has 0 radical (unpaired) electrons. The Morgan fingerprint density at radius 1 is 1.06 bits per heavy atom. The standard InChI is InChI=1S/C24H19FIN3O4S/c1-31-19-10-14(11-20(32-2)22(19)33-3)13-27-29(23(30)16-6-4-5-7-17(16)26)24-28-18-9-8-15(25)12-21(18)34-24/h4-13H,1-3H3/b27-13+. The molecule has 4 aromatic rings. The van der Waals surface area contributed by atoms with Crippen molar-refractivity contribution in [2.24, 2.45) is 5.10 Å². The fraction of sp³-hybridized carbons (Fsp3) is 0.125. The molecule has 0 aliphatic heterocycles. The molecule has 0 unspecified atom stereocenters. The van der Waals surface area contributed by atoms with E-state index in [2.05, 4.69) is 32.7 Å². The maximum absolute atomic E-state index is 13.7. The molecule has 34 heavy (non-hydrogen) atoms. The molecular weight excluding hydrogens is 572 g/mol. The summed E-state index contributed by atoms with van der Waals surface area (Å²) in [4.78, 5) is 18.0. The van der Waals surface area contributed by atoms with E-state index >= 15 is 0 Å². The quantitative estimate of drug-likeness (QED) is 0.156. The zero-order valence-electron chi connectivity index (χ0n) is 18.4. The Hall–Kier alpha value is -3.25. The van der Waals surface area contributed by atoms with Crippen LogP contribution in [0, 0.1) is 9.39 Å². The Morgan fingerprint density at radius 3 is 2.41 bits per heavy atom. The molecule has 1 heterocycles. The average molecular weight is 591 g/mol. The van der Waals surface area contributed by atoms with Gasteiger partial charge >= 0.3 is 0 Å². The Bertz CT molecular complexity index is 1370. The van der Waals surface area contributed by atoms with Crippen molar-refractivity contribution in [2.75, 3.05) is 26.3 Å². The van der Waals surface area contributed by atoms with E-state index in [1.54, 1.807) is 30.3 Å². The lowest BCUT2D eigenvalue weighted by molar-refractivity contribution is 0.0987. The zero-order valence-corrected chi connectivity index (χ0v) is 21.4. The molecule has 0 bridgehead atoms. The van der Waals surface area contributed by atoms with Gasteiger partial charge in [0.05, 0.1) is 43.3 Å². The molecule has 0 atom stereocenters. The zero-order chi connectivity index (χ0) is 24.2. The minimum Gasteiger partial charge on any atom is -0.493 e. The first-order valence-corrected chi connectivity index (χ1v) is 11.8. The van der Waals surface area contributed by atoms with Gasteiger partial charge < -0.3 is 14.2 Å². The number of rotatable bonds is 7. The lowest BCUT2D eigenvalue weighted by Gasteiger charge is -2.15. The number of carbonyl (C=O) groups excluding carboxylic acids is 1. The predicted molar refractivity (Wildman–Crippen MR) is 139 cm³/mol. The fourth-order valence-corrected chi connectivity index (χ4v) is 4.78. The van der Waals surface area contributed by atoms with Crippen molar-refractivity contribution >= 4 is 61.4 Å². The number of fused-ring (bicyclic) bond motifs is 1. The van der Waals surface area contributed by atoms with Crippen LogP contribution in [0.25, 0.3) is 10.2 Å². The second kappa shape index (κ2) is 10.3. The molecule has 1 aromatic heterocycles. The Balaban J connectivity index is 1.80. The summed E-state index contributed by atoms with van der Waals surface area (Å²) in [5, 5.41) is 5.99. The number of halogens is 2. The molecule has 0 N–H and O–H groups in total. The number of aromatic nitrogens is 1. The molecule has 0 aliphatic carbocycles. The summed E-state index contributed by atoms with van der Waals surface area (Å²) in [5.41, 5.74) is 1.66. The molecule has 10 heteroatoms. The van der Waals surface area contributed by atoms with Crippen LogP contribution < -0.4 is 19.2 Å². The third kappa shape index (κ3) is 4.82. The van der Waals surface area contributed by atoms with Gasteiger partial charge in [-0.2, -0.15) is 10.1 Å². The summed E-state index contributed by atoms with van der Waals surface area (Å²) in [6, 6.07) is 14.9. The molecule has 7 nitrogen and oxygen atoms in total. The van der Waals surface area contributed by atoms with Gasteiger partial charge in [-0.15, -0.1) is 0 Å². The van der Waals surface area contributed by atoms with Crippen LogP contribution in [0.3, 0.4) is 0 Å². The lowest BCUT2D eigenvalue weighted by Crippen LogP contribution is -2.26. The van der Waals surface area contributed by atoms with Gasteiger partial charge in [0, 0.05) is 9.13 Å². The van der Waals surface area contributed by atoms with Crippen LogP contribution in [0.4, 0.5) is 9.52 Å². The molecule has 0 saturated heterocycles. The van der Waals surface area contributed by atoms with Gasteiger partial charge in [0.15, 0.2) is 11.5 Å². The summed E-state index contributed by atoms with van der Waals surface area (Å²) in [7, 11) is 4.56. The summed E-state index contributed by atoms with van der Waals surface area (Å²) in [5.74, 6) is 0.609. The third-order valence-corrected chi connectivity index (χ3v) is 6.76. The normalized spacial score (nSPS) is 11.1. The molecule has 1 amide bonds. The van der Waals surface area contributed by atoms with Crippen molar-refractivity contribution in [1.29, 1.82) is 0 Å². The van der Waals surface area contributed by atoms with E-state index in [-0.39, 0.29) is 11.7 Å². The predicted octanol–water partition coefficient (Wildman–Crippen LogP) is 5.75. The largest absolute Gasteiger partial charge is 0.493 e. The number of amides is 1. The van der Waals surface area contributed by atoms with Gasteiger partial charge in [0.1, 0.15) is 5.82 Å². The highest BCUT2D eigenvalue weighted by Crippen LogP contribution is 2.38. The second-order valence-electron chi connectivity index (χ2n) is 6.91. The van der Waals surface area contributed by atoms with E-state index in [0.29, 0.717) is 43.7 Å². The van der Waals surface area contributed by atoms with Crippen LogP contribution in [0.5, 0.6) is 17.2 Å². The van der Waals surface area contributed by atoms with Crippen LogP contribution in [-0.4, -0.2) is 38.4 Å². The third-order valence-electron chi connectivity index (χ3n) is 4.83. The number of hydrogen-bond donors (Lipinski definition) is 0. The Morgan fingerprint density at radius 2 is 1.76 bits per heavy atom. The van der Waals surface area contributed by atoms with Crippen molar-refractivity contribution in [1.82, 2.24) is 4.98 Å². The van der Waals surface area contributed by atoms with E-state index in [1.165, 1.54) is 56.0 Å². The summed E-state index contributed by atoms with van der Waals surface area (Å²) in [6.45, 7) is 0. The van der Waals surface area contributed by atoms with Crippen LogP contribution in [-0.2, 0) is 0 Å². The number of anilines is 1. The summed E-state index contributed by atoms with van der Waals surface area (Å²) >= 11 is 3.27. The van der Waals surface area contributed by atoms with Crippen LogP contribution in [0.2, 0.25) is 0 Å². The molecule has 4 rings (SSSR count). The molecule has 0 aliphatic rings. The SMILES string of the molecule is COc1cc(/C=N/N(C(=O)c2ccccc2I)c2nc3ccc(F)cc3s2)cc(OC)c1OC. The minimum absolute atomic E-state index is 0.314. The first-order chi connectivity index (χ1) is 16.4. The van der Waals surface area contributed by atoms with E-state index in [9.17, 15) is 9.18 Å². The fourth-order valence-electron chi connectivity index (χ4n) is 3.21. The Labute approximate surface area is 212 Å². The maximum Gasteiger partial charge on any atom is 0.281 e. The van der Waals surface area contributed by atoms with Crippen molar-refractivity contribution in [3.05, 3.63) is 75.1 Å². The minimum atomic E-state index is -0.376. The highest BCUT2D eigenvalue weighted by atomic mass is 127. The Kier molecular flexibility index (Phi) is 7.27. The van der Waals surface area contributed by atoms with Gasteiger partial charge in [0.2, 0.25) is 10.9 Å². The number of nitrogens with zero attached hydrogens (tertiary/aromatic N) is 3. The van der Waals surface area contributed by atoms with Crippen molar-refractivity contribution in [2.45, 2.75) is 0 Å². The average Bonchev–Trinajstić information content (AvgIpc) is 3.26. The summed E-state index contributed by atoms with van der Waals surface area (Å²) in [6.07, 6.45) is 1.50. The molecule has 0 saturated carbocycles. The molecule has 0 spiro atoms. The highest BCUT2D eigenvalue weighted by molar-refractivity contribution is 14.1. The molecule has 3 aromatic carbocycles. The molecular formula is C24H19FIN3O4S. The van der Waals surface area contributed by atoms with E-state index in [4.69, 9.17) is 14.2 Å². The van der Waals surface area contributed by atoms with Crippen molar-refractivity contribution in [3.63, 3.8) is 0 Å². The maximum atomic E-state index is 13.7. The van der Waals surface area contributed by atoms with Crippen molar-refractivity contribution < 1.29 is 23.4 Å². The van der Waals surface area contributed by atoms with Gasteiger partial charge in [-0.1, -0.05) is 23.5 Å². The number of carbonyl (C=O) groups is 1. The molecule has 174 valence electrons. The van der Waals surface area contributed by atoms with Crippen LogP contribution >= 0.6 is 33.9 Å². The van der Waals surface area contributed by atoms with E-state index in [0.717, 1.165) is 3.57 Å². The van der Waals surface area contributed by atoms with E-state index < -0.39 is 0 Å². The van der Waals surface area contributed by atoms with Crippen LogP contribution in [0.15, 0.2) is 59.7 Å². The van der Waals surface area contributed by atoms with Gasteiger partial charge in [0.25, 0.3) is 5.91 Å². The first-order valence-electron chi connectivity index (χ1n) is 9.94. The number of hydrogen-bond acceptors (Lipinski definition) is 7. The first kappa shape index (κ1) is 23.9.